The first kappa shape index (κ1) is 14.1. The molecule has 0 amide bonds. The molecule has 1 atom stereocenters. The van der Waals surface area contributed by atoms with Crippen molar-refractivity contribution in [3.05, 3.63) is 64.1 Å². The number of nitrogens with two attached hydrogens (primary N) is 1. The van der Waals surface area contributed by atoms with Crippen LogP contribution >= 0.6 is 15.9 Å². The van der Waals surface area contributed by atoms with Crippen LogP contribution in [0.5, 0.6) is 5.75 Å². The van der Waals surface area contributed by atoms with Crippen LogP contribution in [0.1, 0.15) is 30.5 Å². The Balaban J connectivity index is 2.11. The Bertz CT molecular complexity index is 542. The van der Waals surface area contributed by atoms with Crippen LogP contribution in [0.25, 0.3) is 0 Å². The largest absolute Gasteiger partial charge is 0.489 e. The molecule has 0 aliphatic rings. The maximum absolute atomic E-state index is 6.10. The summed E-state index contributed by atoms with van der Waals surface area (Å²) in [6.45, 7) is 2.63. The lowest BCUT2D eigenvalue weighted by molar-refractivity contribution is 0.300. The van der Waals surface area contributed by atoms with Gasteiger partial charge in [0.25, 0.3) is 0 Å². The first-order valence-electron chi connectivity index (χ1n) is 6.42. The minimum absolute atomic E-state index is 0.0266. The second-order valence-electron chi connectivity index (χ2n) is 4.47. The van der Waals surface area contributed by atoms with Gasteiger partial charge >= 0.3 is 0 Å². The van der Waals surface area contributed by atoms with Gasteiger partial charge in [-0.1, -0.05) is 53.2 Å². The Labute approximate surface area is 122 Å². The molecule has 2 N–H and O–H groups in total. The van der Waals surface area contributed by atoms with Gasteiger partial charge in [0.05, 0.1) is 0 Å². The van der Waals surface area contributed by atoms with Crippen molar-refractivity contribution in [3.63, 3.8) is 0 Å². The highest BCUT2D eigenvalue weighted by atomic mass is 79.9. The predicted octanol–water partition coefficient (Wildman–Crippen LogP) is 4.44. The molecule has 0 spiro atoms. The fourth-order valence-electron chi connectivity index (χ4n) is 1.93. The number of ether oxygens (including phenoxy) is 1. The summed E-state index contributed by atoms with van der Waals surface area (Å²) in [7, 11) is 0. The third-order valence-electron chi connectivity index (χ3n) is 3.04. The van der Waals surface area contributed by atoms with Crippen molar-refractivity contribution in [2.24, 2.45) is 5.73 Å². The molecule has 0 saturated heterocycles. The molecule has 2 aromatic rings. The van der Waals surface area contributed by atoms with E-state index in [0.717, 1.165) is 27.8 Å². The summed E-state index contributed by atoms with van der Waals surface area (Å²) in [4.78, 5) is 0. The smallest absolute Gasteiger partial charge is 0.124 e. The summed E-state index contributed by atoms with van der Waals surface area (Å²) in [6, 6.07) is 16.1. The van der Waals surface area contributed by atoms with Gasteiger partial charge in [0.1, 0.15) is 12.4 Å². The molecule has 2 aromatic carbocycles. The van der Waals surface area contributed by atoms with E-state index >= 15 is 0 Å². The van der Waals surface area contributed by atoms with Crippen LogP contribution in [0.2, 0.25) is 0 Å². The molecule has 3 heteroatoms. The lowest BCUT2D eigenvalue weighted by Crippen LogP contribution is -2.10. The summed E-state index contributed by atoms with van der Waals surface area (Å²) in [5, 5.41) is 0. The zero-order valence-corrected chi connectivity index (χ0v) is 12.6. The average molecular weight is 320 g/mol. The Kier molecular flexibility index (Phi) is 5.00. The monoisotopic (exact) mass is 319 g/mol. The summed E-state index contributed by atoms with van der Waals surface area (Å²) in [5.74, 6) is 0.872. The molecule has 0 aliphatic heterocycles. The van der Waals surface area contributed by atoms with Crippen LogP contribution in [-0.4, -0.2) is 0 Å². The molecule has 2 rings (SSSR count). The molecule has 0 unspecified atom stereocenters. The molecule has 0 radical (unpaired) electrons. The van der Waals surface area contributed by atoms with Crippen molar-refractivity contribution in [2.45, 2.75) is 26.0 Å². The average Bonchev–Trinajstić information content (AvgIpc) is 2.45. The van der Waals surface area contributed by atoms with E-state index in [4.69, 9.17) is 10.5 Å². The Morgan fingerprint density at radius 3 is 2.68 bits per heavy atom. The summed E-state index contributed by atoms with van der Waals surface area (Å²) < 4.78 is 6.96. The second-order valence-corrected chi connectivity index (χ2v) is 5.39. The minimum Gasteiger partial charge on any atom is -0.489 e. The minimum atomic E-state index is 0.0266. The van der Waals surface area contributed by atoms with Crippen LogP contribution in [-0.2, 0) is 6.61 Å². The van der Waals surface area contributed by atoms with Gasteiger partial charge in [-0.25, -0.2) is 0 Å². The number of hydrogen-bond donors (Lipinski definition) is 1. The van der Waals surface area contributed by atoms with Gasteiger partial charge in [0.2, 0.25) is 0 Å². The number of hydrogen-bond acceptors (Lipinski definition) is 2. The Hall–Kier alpha value is -1.32. The molecule has 19 heavy (non-hydrogen) atoms. The molecule has 0 bridgehead atoms. The fourth-order valence-corrected chi connectivity index (χ4v) is 2.37. The number of halogens is 1. The SMILES string of the molecule is CC[C@H](N)c1ccccc1OCc1cccc(Br)c1. The van der Waals surface area contributed by atoms with Gasteiger partial charge in [-0.3, -0.25) is 0 Å². The molecule has 100 valence electrons. The van der Waals surface area contributed by atoms with Gasteiger partial charge in [-0.2, -0.15) is 0 Å². The molecule has 0 saturated carbocycles. The Morgan fingerprint density at radius 2 is 1.95 bits per heavy atom. The van der Waals surface area contributed by atoms with E-state index in [1.165, 1.54) is 0 Å². The summed E-state index contributed by atoms with van der Waals surface area (Å²) >= 11 is 3.46. The quantitative estimate of drug-likeness (QED) is 0.884. The molecular formula is C16H18BrNO. The predicted molar refractivity (Wildman–Crippen MR) is 82.1 cm³/mol. The lowest BCUT2D eigenvalue weighted by Gasteiger charge is -2.15. The number of rotatable bonds is 5. The van der Waals surface area contributed by atoms with E-state index in [0.29, 0.717) is 6.61 Å². The van der Waals surface area contributed by atoms with E-state index in [1.807, 2.05) is 42.5 Å². The Morgan fingerprint density at radius 1 is 1.16 bits per heavy atom. The topological polar surface area (TPSA) is 35.2 Å². The van der Waals surface area contributed by atoms with Gasteiger partial charge in [0, 0.05) is 16.1 Å². The van der Waals surface area contributed by atoms with E-state index in [1.54, 1.807) is 0 Å². The molecule has 0 fully saturated rings. The fraction of sp³-hybridized carbons (Fsp3) is 0.250. The highest BCUT2D eigenvalue weighted by molar-refractivity contribution is 9.10. The standard InChI is InChI=1S/C16H18BrNO/c1-2-15(18)14-8-3-4-9-16(14)19-11-12-6-5-7-13(17)10-12/h3-10,15H,2,11,18H2,1H3/t15-/m0/s1. The van der Waals surface area contributed by atoms with E-state index in [2.05, 4.69) is 28.9 Å². The van der Waals surface area contributed by atoms with Crippen LogP contribution in [0.4, 0.5) is 0 Å². The van der Waals surface area contributed by atoms with E-state index < -0.39 is 0 Å². The van der Waals surface area contributed by atoms with Crippen molar-refractivity contribution < 1.29 is 4.74 Å². The third kappa shape index (κ3) is 3.82. The molecule has 2 nitrogen and oxygen atoms in total. The van der Waals surface area contributed by atoms with Crippen molar-refractivity contribution in [1.82, 2.24) is 0 Å². The highest BCUT2D eigenvalue weighted by Gasteiger charge is 2.09. The zero-order valence-electron chi connectivity index (χ0n) is 11.0. The van der Waals surface area contributed by atoms with Crippen molar-refractivity contribution in [1.29, 1.82) is 0 Å². The lowest BCUT2D eigenvalue weighted by atomic mass is 10.0. The zero-order chi connectivity index (χ0) is 13.7. The first-order valence-corrected chi connectivity index (χ1v) is 7.21. The first-order chi connectivity index (χ1) is 9.20. The molecular weight excluding hydrogens is 302 g/mol. The molecule has 0 heterocycles. The maximum Gasteiger partial charge on any atom is 0.124 e. The maximum atomic E-state index is 6.10. The van der Waals surface area contributed by atoms with Crippen LogP contribution in [0.15, 0.2) is 53.0 Å². The van der Waals surface area contributed by atoms with Crippen LogP contribution < -0.4 is 10.5 Å². The van der Waals surface area contributed by atoms with Crippen molar-refractivity contribution >= 4 is 15.9 Å². The molecule has 0 aliphatic carbocycles. The third-order valence-corrected chi connectivity index (χ3v) is 3.53. The summed E-state index contributed by atoms with van der Waals surface area (Å²) in [6.07, 6.45) is 0.900. The summed E-state index contributed by atoms with van der Waals surface area (Å²) in [5.41, 5.74) is 8.30. The van der Waals surface area contributed by atoms with Gasteiger partial charge < -0.3 is 10.5 Å². The van der Waals surface area contributed by atoms with Crippen LogP contribution in [0.3, 0.4) is 0 Å². The van der Waals surface area contributed by atoms with E-state index in [9.17, 15) is 0 Å². The number of benzene rings is 2. The van der Waals surface area contributed by atoms with Crippen molar-refractivity contribution in [3.8, 4) is 5.75 Å². The van der Waals surface area contributed by atoms with Crippen LogP contribution in [0, 0.1) is 0 Å². The highest BCUT2D eigenvalue weighted by Crippen LogP contribution is 2.26. The normalized spacial score (nSPS) is 12.2. The van der Waals surface area contributed by atoms with Gasteiger partial charge in [-0.05, 0) is 30.2 Å². The molecule has 0 aromatic heterocycles. The van der Waals surface area contributed by atoms with Gasteiger partial charge in [0.15, 0.2) is 0 Å². The second kappa shape index (κ2) is 6.73. The van der Waals surface area contributed by atoms with Gasteiger partial charge in [-0.15, -0.1) is 0 Å². The van der Waals surface area contributed by atoms with Crippen molar-refractivity contribution in [2.75, 3.05) is 0 Å². The van der Waals surface area contributed by atoms with E-state index in [-0.39, 0.29) is 6.04 Å². The number of para-hydroxylation sites is 1.